The maximum Gasteiger partial charge on any atom is 0.274 e. The second-order valence-corrected chi connectivity index (χ2v) is 9.18. The second kappa shape index (κ2) is 7.55. The van der Waals surface area contributed by atoms with E-state index in [4.69, 9.17) is 16.0 Å². The fraction of sp³-hybridized carbons (Fsp3) is 0.412. The maximum atomic E-state index is 6.03. The fourth-order valence-corrected chi connectivity index (χ4v) is 5.12. The first-order valence-corrected chi connectivity index (χ1v) is 10.6. The Labute approximate surface area is 159 Å². The van der Waals surface area contributed by atoms with Gasteiger partial charge in [0.2, 0.25) is 0 Å². The van der Waals surface area contributed by atoms with Gasteiger partial charge in [0.1, 0.15) is 32.7 Å². The Kier molecular flexibility index (Phi) is 5.19. The Balaban J connectivity index is 1.34. The van der Waals surface area contributed by atoms with Gasteiger partial charge >= 0.3 is 0 Å². The predicted octanol–water partition coefficient (Wildman–Crippen LogP) is 1.56. The van der Waals surface area contributed by atoms with E-state index in [9.17, 15) is 0 Å². The Morgan fingerprint density at radius 3 is 2.72 bits per heavy atom. The Morgan fingerprint density at radius 2 is 2.04 bits per heavy atom. The summed E-state index contributed by atoms with van der Waals surface area (Å²) >= 11 is 9.35. The molecule has 1 aliphatic heterocycles. The van der Waals surface area contributed by atoms with Gasteiger partial charge < -0.3 is 14.2 Å². The maximum absolute atomic E-state index is 6.03. The van der Waals surface area contributed by atoms with Gasteiger partial charge in [0, 0.05) is 0 Å². The van der Waals surface area contributed by atoms with Crippen molar-refractivity contribution in [2.24, 2.45) is 0 Å². The second-order valence-electron chi connectivity index (χ2n) is 6.44. The lowest BCUT2D eigenvalue weighted by Crippen LogP contribution is -3.27. The molecule has 5 nitrogen and oxygen atoms in total. The molecule has 0 radical (unpaired) electrons. The molecule has 132 valence electrons. The number of quaternary nitrogens is 2. The molecule has 0 saturated carbocycles. The summed E-state index contributed by atoms with van der Waals surface area (Å²) in [7, 11) is 0. The van der Waals surface area contributed by atoms with E-state index < -0.39 is 0 Å². The quantitative estimate of drug-likeness (QED) is 0.688. The van der Waals surface area contributed by atoms with Crippen LogP contribution in [-0.2, 0) is 6.54 Å². The molecule has 1 atom stereocenters. The van der Waals surface area contributed by atoms with Gasteiger partial charge in [-0.2, -0.15) is 0 Å². The molecule has 4 rings (SSSR count). The molecule has 0 unspecified atom stereocenters. The molecule has 1 aliphatic rings. The molecule has 4 heterocycles. The van der Waals surface area contributed by atoms with E-state index in [1.807, 2.05) is 23.6 Å². The van der Waals surface area contributed by atoms with Crippen LogP contribution in [0.5, 0.6) is 0 Å². The third-order valence-corrected chi connectivity index (χ3v) is 6.90. The van der Waals surface area contributed by atoms with Crippen molar-refractivity contribution >= 4 is 34.3 Å². The molecule has 8 heteroatoms. The first kappa shape index (κ1) is 17.2. The molecular weight excluding hydrogens is 376 g/mol. The van der Waals surface area contributed by atoms with Gasteiger partial charge in [-0.05, 0) is 30.5 Å². The smallest absolute Gasteiger partial charge is 0.274 e. The minimum Gasteiger partial charge on any atom is -0.414 e. The zero-order valence-corrected chi connectivity index (χ0v) is 16.4. The van der Waals surface area contributed by atoms with Crippen molar-refractivity contribution in [1.29, 1.82) is 0 Å². The van der Waals surface area contributed by atoms with Crippen molar-refractivity contribution < 1.29 is 14.2 Å². The number of halogens is 1. The number of nitrogens with one attached hydrogen (secondary N) is 2. The summed E-state index contributed by atoms with van der Waals surface area (Å²) in [6, 6.07) is 8.39. The van der Waals surface area contributed by atoms with Gasteiger partial charge in [0.15, 0.2) is 6.04 Å². The van der Waals surface area contributed by atoms with Crippen LogP contribution < -0.4 is 9.80 Å². The third kappa shape index (κ3) is 3.96. The highest BCUT2D eigenvalue weighted by Crippen LogP contribution is 2.24. The summed E-state index contributed by atoms with van der Waals surface area (Å²) in [6.07, 6.45) is 0. The van der Waals surface area contributed by atoms with Crippen molar-refractivity contribution in [3.63, 3.8) is 0 Å². The van der Waals surface area contributed by atoms with E-state index in [0.29, 0.717) is 5.89 Å². The molecule has 25 heavy (non-hydrogen) atoms. The van der Waals surface area contributed by atoms with Gasteiger partial charge in [0.25, 0.3) is 11.8 Å². The summed E-state index contributed by atoms with van der Waals surface area (Å²) in [5.74, 6) is 1.38. The van der Waals surface area contributed by atoms with E-state index in [1.54, 1.807) is 27.6 Å². The Morgan fingerprint density at radius 1 is 1.20 bits per heavy atom. The standard InChI is InChI=1S/C17H19ClN4OS2/c1-12(16-19-20-17(23-16)14-3-2-10-24-14)22-8-6-21(7-9-22)11-13-4-5-15(18)25-13/h2-5,10,12H,6-9,11H2,1H3/p+2/t12-/m1/s1. The minimum absolute atomic E-state index is 0.235. The average molecular weight is 397 g/mol. The Hall–Kier alpha value is -1.25. The van der Waals surface area contributed by atoms with Gasteiger partial charge in [-0.1, -0.05) is 17.7 Å². The first-order chi connectivity index (χ1) is 12.2. The molecule has 3 aromatic heterocycles. The molecule has 0 aliphatic carbocycles. The lowest BCUT2D eigenvalue weighted by Gasteiger charge is -2.31. The summed E-state index contributed by atoms with van der Waals surface area (Å²) in [5, 5.41) is 10.5. The van der Waals surface area contributed by atoms with Crippen LogP contribution in [0.1, 0.15) is 23.7 Å². The SMILES string of the molecule is C[C@H](c1nnc(-c2cccs2)o1)[NH+]1CC[NH+](Cc2ccc(Cl)s2)CC1. The fourth-order valence-electron chi connectivity index (χ4n) is 3.31. The lowest BCUT2D eigenvalue weighted by atomic mass is 10.2. The lowest BCUT2D eigenvalue weighted by molar-refractivity contribution is -1.03. The molecule has 0 aromatic carbocycles. The van der Waals surface area contributed by atoms with Crippen LogP contribution in [0.15, 0.2) is 34.1 Å². The number of nitrogens with zero attached hydrogens (tertiary/aromatic N) is 2. The predicted molar refractivity (Wildman–Crippen MR) is 100 cm³/mol. The van der Waals surface area contributed by atoms with E-state index in [0.717, 1.165) is 47.8 Å². The zero-order valence-electron chi connectivity index (χ0n) is 14.0. The number of hydrogen-bond donors (Lipinski definition) is 2. The Bertz CT molecular complexity index is 808. The van der Waals surface area contributed by atoms with Crippen molar-refractivity contribution in [1.82, 2.24) is 10.2 Å². The van der Waals surface area contributed by atoms with Crippen LogP contribution in [0.4, 0.5) is 0 Å². The molecule has 2 N–H and O–H groups in total. The van der Waals surface area contributed by atoms with Crippen LogP contribution in [0, 0.1) is 0 Å². The first-order valence-electron chi connectivity index (χ1n) is 8.48. The van der Waals surface area contributed by atoms with Gasteiger partial charge in [-0.3, -0.25) is 0 Å². The van der Waals surface area contributed by atoms with E-state index in [1.165, 1.54) is 9.78 Å². The number of aromatic nitrogens is 2. The van der Waals surface area contributed by atoms with E-state index in [-0.39, 0.29) is 6.04 Å². The number of rotatable bonds is 5. The van der Waals surface area contributed by atoms with E-state index >= 15 is 0 Å². The van der Waals surface area contributed by atoms with Crippen LogP contribution in [0.2, 0.25) is 4.34 Å². The number of thiophene rings is 2. The van der Waals surface area contributed by atoms with Crippen LogP contribution in [0.25, 0.3) is 10.8 Å². The van der Waals surface area contributed by atoms with Gasteiger partial charge in [-0.25, -0.2) is 0 Å². The third-order valence-electron chi connectivity index (χ3n) is 4.81. The number of hydrogen-bond acceptors (Lipinski definition) is 5. The summed E-state index contributed by atoms with van der Waals surface area (Å²) in [5.41, 5.74) is 0. The van der Waals surface area contributed by atoms with Crippen LogP contribution >= 0.6 is 34.3 Å². The van der Waals surface area contributed by atoms with Crippen molar-refractivity contribution in [2.45, 2.75) is 19.5 Å². The van der Waals surface area contributed by atoms with Gasteiger partial charge in [0.05, 0.1) is 14.1 Å². The number of piperazine rings is 1. The summed E-state index contributed by atoms with van der Waals surface area (Å²) in [4.78, 5) is 5.55. The summed E-state index contributed by atoms with van der Waals surface area (Å²) < 4.78 is 6.80. The molecule has 3 aromatic rings. The molecule has 1 saturated heterocycles. The van der Waals surface area contributed by atoms with Crippen molar-refractivity contribution in [3.8, 4) is 10.8 Å². The molecule has 0 bridgehead atoms. The van der Waals surface area contributed by atoms with Gasteiger partial charge in [-0.15, -0.1) is 32.9 Å². The molecule has 1 fully saturated rings. The van der Waals surface area contributed by atoms with Crippen LogP contribution in [0.3, 0.4) is 0 Å². The topological polar surface area (TPSA) is 47.8 Å². The zero-order chi connectivity index (χ0) is 17.2. The minimum atomic E-state index is 0.235. The van der Waals surface area contributed by atoms with Crippen molar-refractivity contribution in [2.75, 3.05) is 26.2 Å². The van der Waals surface area contributed by atoms with E-state index in [2.05, 4.69) is 23.2 Å². The highest BCUT2D eigenvalue weighted by molar-refractivity contribution is 7.16. The molecular formula is C17H21ClN4OS2+2. The monoisotopic (exact) mass is 396 g/mol. The average Bonchev–Trinajstić information content (AvgIpc) is 3.36. The largest absolute Gasteiger partial charge is 0.414 e. The van der Waals surface area contributed by atoms with Crippen molar-refractivity contribution in [3.05, 3.63) is 44.7 Å². The molecule has 0 spiro atoms. The summed E-state index contributed by atoms with van der Waals surface area (Å²) in [6.45, 7) is 7.80. The highest BCUT2D eigenvalue weighted by atomic mass is 35.5. The highest BCUT2D eigenvalue weighted by Gasteiger charge is 2.31. The molecule has 0 amide bonds. The normalized spacial score (nSPS) is 22.2. The van der Waals surface area contributed by atoms with Crippen LogP contribution in [-0.4, -0.2) is 36.4 Å².